The zero-order chi connectivity index (χ0) is 10.2. The highest BCUT2D eigenvalue weighted by Crippen LogP contribution is 2.09. The van der Waals surface area contributed by atoms with Gasteiger partial charge in [-0.25, -0.2) is 0 Å². The molecular weight excluding hydrogens is 260 g/mol. The second kappa shape index (κ2) is 9.43. The van der Waals surface area contributed by atoms with Crippen LogP contribution in [0.25, 0.3) is 0 Å². The van der Waals surface area contributed by atoms with Crippen LogP contribution in [0, 0.1) is 0 Å². The number of allylic oxidation sites excluding steroid dienone is 2. The van der Waals surface area contributed by atoms with E-state index in [1.165, 1.54) is 17.6 Å². The Morgan fingerprint density at radius 3 is 2.53 bits per heavy atom. The van der Waals surface area contributed by atoms with E-state index < -0.39 is 0 Å². The van der Waals surface area contributed by atoms with Crippen molar-refractivity contribution >= 4 is 39.0 Å². The van der Waals surface area contributed by atoms with E-state index in [4.69, 9.17) is 0 Å². The highest BCUT2D eigenvalue weighted by atomic mass is 79.9. The Hall–Kier alpha value is 0.206. The number of rotatable bonds is 5. The fourth-order valence-corrected chi connectivity index (χ4v) is 1.62. The van der Waals surface area contributed by atoms with Crippen LogP contribution in [-0.4, -0.2) is 28.4 Å². The summed E-state index contributed by atoms with van der Waals surface area (Å²) in [5, 5.41) is 1.07. The Kier molecular flexibility index (Phi) is 9.56. The minimum atomic E-state index is 0. The van der Waals surface area contributed by atoms with Crippen LogP contribution in [-0.2, 0) is 6.42 Å². The highest BCUT2D eigenvalue weighted by molar-refractivity contribution is 9.09. The van der Waals surface area contributed by atoms with Gasteiger partial charge in [0, 0.05) is 5.33 Å². The summed E-state index contributed by atoms with van der Waals surface area (Å²) >= 11 is 3.43. The quantitative estimate of drug-likeness (QED) is 0.440. The van der Waals surface area contributed by atoms with Crippen molar-refractivity contribution in [3.8, 4) is 0 Å². The first-order valence-corrected chi connectivity index (χ1v) is 6.20. The van der Waals surface area contributed by atoms with Gasteiger partial charge in [-0.2, -0.15) is 0 Å². The van der Waals surface area contributed by atoms with Crippen LogP contribution in [0.15, 0.2) is 42.0 Å². The van der Waals surface area contributed by atoms with Crippen molar-refractivity contribution in [3.63, 3.8) is 0 Å². The van der Waals surface area contributed by atoms with Crippen molar-refractivity contribution in [2.45, 2.75) is 26.2 Å². The molecule has 0 N–H and O–H groups in total. The molecule has 0 atom stereocenters. The minimum Gasteiger partial charge on any atom is -0.0925 e. The topological polar surface area (TPSA) is 0 Å². The maximum Gasteiger partial charge on any atom is 0.316 e. The highest BCUT2D eigenvalue weighted by Gasteiger charge is 1.93. The van der Waals surface area contributed by atoms with E-state index in [1.807, 2.05) is 0 Å². The smallest absolute Gasteiger partial charge is 0.0925 e. The summed E-state index contributed by atoms with van der Waals surface area (Å²) in [5.74, 6) is 0. The lowest BCUT2D eigenvalue weighted by Gasteiger charge is -2.01. The molecule has 0 saturated heterocycles. The van der Waals surface area contributed by atoms with Crippen molar-refractivity contribution < 1.29 is 0 Å². The molecule has 0 aliphatic rings. The zero-order valence-corrected chi connectivity index (χ0v) is 10.3. The Labute approximate surface area is 117 Å². The molecule has 0 unspecified atom stereocenters. The summed E-state index contributed by atoms with van der Waals surface area (Å²) < 4.78 is 0. The number of alkyl halides is 1. The van der Waals surface area contributed by atoms with Gasteiger partial charge in [0.2, 0.25) is 0 Å². The normalized spacial score (nSPS) is 10.9. The molecule has 0 amide bonds. The molecule has 0 bridgehead atoms. The summed E-state index contributed by atoms with van der Waals surface area (Å²) in [7, 11) is 0. The number of hydrogen-bond donors (Lipinski definition) is 0. The van der Waals surface area contributed by atoms with Crippen LogP contribution in [0.2, 0.25) is 0 Å². The molecule has 1 rings (SSSR count). The molecule has 0 saturated carbocycles. The predicted octanol–water partition coefficient (Wildman–Crippen LogP) is 3.43. The summed E-state index contributed by atoms with van der Waals surface area (Å²) in [6, 6.07) is 10.7. The van der Waals surface area contributed by atoms with E-state index in [1.54, 1.807) is 0 Å². The fourth-order valence-electron chi connectivity index (χ4n) is 1.39. The molecule has 0 aromatic heterocycles. The van der Waals surface area contributed by atoms with E-state index >= 15 is 0 Å². The standard InChI is InChI=1S/C13H17Br.Mg.2H/c1-12(6-5-11-14)9-10-13-7-3-2-4-8-13;;;/h2-4,6-8H,5,9-11H2,1H3;;;. The van der Waals surface area contributed by atoms with Crippen LogP contribution in [0.5, 0.6) is 0 Å². The average molecular weight is 280 g/mol. The van der Waals surface area contributed by atoms with E-state index in [0.717, 1.165) is 18.2 Å². The molecule has 0 aliphatic carbocycles. The number of halogens is 1. The molecule has 0 fully saturated rings. The van der Waals surface area contributed by atoms with Gasteiger partial charge in [0.05, 0.1) is 0 Å². The lowest BCUT2D eigenvalue weighted by atomic mass is 10.1. The average Bonchev–Trinajstić information content (AvgIpc) is 2.25. The summed E-state index contributed by atoms with van der Waals surface area (Å²) in [6.45, 7) is 2.21. The van der Waals surface area contributed by atoms with Crippen LogP contribution in [0.4, 0.5) is 0 Å². The van der Waals surface area contributed by atoms with E-state index in [0.29, 0.717) is 0 Å². The van der Waals surface area contributed by atoms with Gasteiger partial charge in [0.25, 0.3) is 0 Å². The summed E-state index contributed by atoms with van der Waals surface area (Å²) in [6.07, 6.45) is 5.79. The minimum absolute atomic E-state index is 0. The monoisotopic (exact) mass is 278 g/mol. The lowest BCUT2D eigenvalue weighted by molar-refractivity contribution is 0.930. The van der Waals surface area contributed by atoms with Crippen molar-refractivity contribution in [1.29, 1.82) is 0 Å². The SMILES string of the molecule is CC(=CCCBr)CCc1ccccc1.[MgH2]. The fraction of sp³-hybridized carbons (Fsp3) is 0.385. The van der Waals surface area contributed by atoms with Crippen LogP contribution >= 0.6 is 15.9 Å². The van der Waals surface area contributed by atoms with Crippen molar-refractivity contribution in [1.82, 2.24) is 0 Å². The second-order valence-electron chi connectivity index (χ2n) is 3.51. The third kappa shape index (κ3) is 7.15. The third-order valence-electron chi connectivity index (χ3n) is 2.25. The first-order valence-electron chi connectivity index (χ1n) is 5.08. The maximum absolute atomic E-state index is 3.43. The lowest BCUT2D eigenvalue weighted by Crippen LogP contribution is -1.86. The molecular formula is C13H19BrMg. The molecule has 1 aromatic carbocycles. The van der Waals surface area contributed by atoms with Gasteiger partial charge in [0.15, 0.2) is 0 Å². The first kappa shape index (κ1) is 15.2. The van der Waals surface area contributed by atoms with Gasteiger partial charge in [-0.05, 0) is 31.7 Å². The van der Waals surface area contributed by atoms with Gasteiger partial charge in [-0.1, -0.05) is 57.9 Å². The summed E-state index contributed by atoms with van der Waals surface area (Å²) in [4.78, 5) is 0. The molecule has 0 nitrogen and oxygen atoms in total. The van der Waals surface area contributed by atoms with Gasteiger partial charge in [-0.15, -0.1) is 0 Å². The van der Waals surface area contributed by atoms with Gasteiger partial charge < -0.3 is 0 Å². The van der Waals surface area contributed by atoms with Gasteiger partial charge in [0.1, 0.15) is 0 Å². The molecule has 0 spiro atoms. The number of aryl methyl sites for hydroxylation is 1. The predicted molar refractivity (Wildman–Crippen MR) is 75.5 cm³/mol. The van der Waals surface area contributed by atoms with E-state index in [2.05, 4.69) is 59.3 Å². The molecule has 80 valence electrons. The second-order valence-corrected chi connectivity index (χ2v) is 4.31. The van der Waals surface area contributed by atoms with Crippen LogP contribution in [0.1, 0.15) is 25.3 Å². The maximum atomic E-state index is 3.43. The molecule has 0 aliphatic heterocycles. The Balaban J connectivity index is 0.00000196. The zero-order valence-electron chi connectivity index (χ0n) is 8.67. The number of hydrogen-bond acceptors (Lipinski definition) is 0. The molecule has 0 heterocycles. The van der Waals surface area contributed by atoms with Crippen molar-refractivity contribution in [2.75, 3.05) is 5.33 Å². The summed E-state index contributed by atoms with van der Waals surface area (Å²) in [5.41, 5.74) is 2.92. The molecule has 0 radical (unpaired) electrons. The Morgan fingerprint density at radius 1 is 1.27 bits per heavy atom. The Bertz CT molecular complexity index is 280. The molecule has 2 heteroatoms. The van der Waals surface area contributed by atoms with Crippen molar-refractivity contribution in [3.05, 3.63) is 47.5 Å². The first-order chi connectivity index (χ1) is 6.83. The van der Waals surface area contributed by atoms with E-state index in [9.17, 15) is 0 Å². The van der Waals surface area contributed by atoms with Gasteiger partial charge >= 0.3 is 23.1 Å². The van der Waals surface area contributed by atoms with Gasteiger partial charge in [-0.3, -0.25) is 0 Å². The molecule has 15 heavy (non-hydrogen) atoms. The largest absolute Gasteiger partial charge is 0.316 e. The van der Waals surface area contributed by atoms with Crippen LogP contribution < -0.4 is 0 Å². The van der Waals surface area contributed by atoms with E-state index in [-0.39, 0.29) is 23.1 Å². The van der Waals surface area contributed by atoms with Crippen LogP contribution in [0.3, 0.4) is 0 Å². The Morgan fingerprint density at radius 2 is 1.93 bits per heavy atom. The third-order valence-corrected chi connectivity index (χ3v) is 2.71. The number of benzene rings is 1. The molecule has 1 aromatic rings. The van der Waals surface area contributed by atoms with Crippen molar-refractivity contribution in [2.24, 2.45) is 0 Å².